The lowest BCUT2D eigenvalue weighted by molar-refractivity contribution is 0.190. The molecule has 0 aliphatic carbocycles. The molecule has 1 aliphatic rings. The third kappa shape index (κ3) is 3.45. The molecule has 0 spiro atoms. The van der Waals surface area contributed by atoms with Crippen LogP contribution in [0.1, 0.15) is 24.0 Å². The summed E-state index contributed by atoms with van der Waals surface area (Å²) in [7, 11) is 0.562. The third-order valence-corrected chi connectivity index (χ3v) is 6.20. The number of sulfonamides is 1. The van der Waals surface area contributed by atoms with Crippen molar-refractivity contribution in [2.45, 2.75) is 37.2 Å². The van der Waals surface area contributed by atoms with Crippen LogP contribution in [0.4, 0.5) is 0 Å². The molecule has 21 heavy (non-hydrogen) atoms. The smallest absolute Gasteiger partial charge is 0.243 e. The highest BCUT2D eigenvalue weighted by atomic mass is 32.2. The second-order valence-electron chi connectivity index (χ2n) is 5.93. The minimum atomic E-state index is -3.44. The molecule has 118 valence electrons. The maximum Gasteiger partial charge on any atom is 0.243 e. The van der Waals surface area contributed by atoms with Crippen LogP contribution in [0, 0.1) is 6.92 Å². The SMILES string of the molecule is Cc1ccc(CN)cc1S(=O)(=O)N1CCCC(N(C)C)C1. The Kier molecular flexibility index (Phi) is 5.03. The highest BCUT2D eigenvalue weighted by Gasteiger charge is 2.31. The van der Waals surface area contributed by atoms with Crippen LogP contribution in [-0.4, -0.2) is 50.8 Å². The molecule has 6 heteroatoms. The Bertz CT molecular complexity index is 599. The van der Waals surface area contributed by atoms with Gasteiger partial charge in [0.15, 0.2) is 0 Å². The van der Waals surface area contributed by atoms with Gasteiger partial charge in [-0.15, -0.1) is 0 Å². The van der Waals surface area contributed by atoms with Crippen LogP contribution in [0.25, 0.3) is 0 Å². The molecule has 1 fully saturated rings. The minimum Gasteiger partial charge on any atom is -0.326 e. The Morgan fingerprint density at radius 1 is 1.38 bits per heavy atom. The van der Waals surface area contributed by atoms with Gasteiger partial charge >= 0.3 is 0 Å². The van der Waals surface area contributed by atoms with E-state index in [1.807, 2.05) is 33.2 Å². The van der Waals surface area contributed by atoms with Crippen molar-refractivity contribution in [3.63, 3.8) is 0 Å². The molecule has 1 atom stereocenters. The second kappa shape index (κ2) is 6.44. The molecule has 1 saturated heterocycles. The van der Waals surface area contributed by atoms with E-state index in [-0.39, 0.29) is 6.04 Å². The number of likely N-dealkylation sites (N-methyl/N-ethyl adjacent to an activating group) is 1. The summed E-state index contributed by atoms with van der Waals surface area (Å²) < 4.78 is 27.4. The van der Waals surface area contributed by atoms with Gasteiger partial charge in [-0.05, 0) is 51.1 Å². The molecule has 1 aromatic rings. The van der Waals surface area contributed by atoms with Gasteiger partial charge in [-0.25, -0.2) is 8.42 Å². The summed E-state index contributed by atoms with van der Waals surface area (Å²) in [5.74, 6) is 0. The van der Waals surface area contributed by atoms with E-state index < -0.39 is 10.0 Å². The molecule has 1 unspecified atom stereocenters. The average Bonchev–Trinajstić information content (AvgIpc) is 2.47. The first kappa shape index (κ1) is 16.4. The number of nitrogens with zero attached hydrogens (tertiary/aromatic N) is 2. The number of piperidine rings is 1. The molecule has 5 nitrogen and oxygen atoms in total. The summed E-state index contributed by atoms with van der Waals surface area (Å²) in [5, 5.41) is 0. The number of benzene rings is 1. The van der Waals surface area contributed by atoms with E-state index in [1.165, 1.54) is 0 Å². The molecule has 0 saturated carbocycles. The van der Waals surface area contributed by atoms with Crippen LogP contribution in [0.15, 0.2) is 23.1 Å². The van der Waals surface area contributed by atoms with E-state index in [2.05, 4.69) is 4.90 Å². The molecule has 0 radical (unpaired) electrons. The van der Waals surface area contributed by atoms with E-state index in [4.69, 9.17) is 5.73 Å². The van der Waals surface area contributed by atoms with E-state index in [0.717, 1.165) is 24.0 Å². The largest absolute Gasteiger partial charge is 0.326 e. The van der Waals surface area contributed by atoms with Crippen LogP contribution in [0.3, 0.4) is 0 Å². The standard InChI is InChI=1S/C15H25N3O2S/c1-12-6-7-13(10-16)9-15(12)21(19,20)18-8-4-5-14(11-18)17(2)3/h6-7,9,14H,4-5,8,10-11,16H2,1-3H3. The Morgan fingerprint density at radius 3 is 2.71 bits per heavy atom. The van der Waals surface area contributed by atoms with Crippen molar-refractivity contribution < 1.29 is 8.42 Å². The third-order valence-electron chi connectivity index (χ3n) is 4.20. The zero-order chi connectivity index (χ0) is 15.6. The second-order valence-corrected chi connectivity index (χ2v) is 7.83. The number of hydrogen-bond acceptors (Lipinski definition) is 4. The van der Waals surface area contributed by atoms with Crippen LogP contribution < -0.4 is 5.73 Å². The van der Waals surface area contributed by atoms with E-state index in [0.29, 0.717) is 24.5 Å². The van der Waals surface area contributed by atoms with Crippen molar-refractivity contribution >= 4 is 10.0 Å². The van der Waals surface area contributed by atoms with Gasteiger partial charge in [0.25, 0.3) is 0 Å². The lowest BCUT2D eigenvalue weighted by Gasteiger charge is -2.35. The molecular formula is C15H25N3O2S. The topological polar surface area (TPSA) is 66.6 Å². The first-order valence-corrected chi connectivity index (χ1v) is 8.76. The lowest BCUT2D eigenvalue weighted by atomic mass is 10.1. The first-order valence-electron chi connectivity index (χ1n) is 7.32. The summed E-state index contributed by atoms with van der Waals surface area (Å²) >= 11 is 0. The van der Waals surface area contributed by atoms with Crippen LogP contribution in [-0.2, 0) is 16.6 Å². The van der Waals surface area contributed by atoms with Crippen molar-refractivity contribution in [2.75, 3.05) is 27.2 Å². The van der Waals surface area contributed by atoms with Crippen LogP contribution in [0.2, 0.25) is 0 Å². The Hall–Kier alpha value is -0.950. The number of nitrogens with two attached hydrogens (primary N) is 1. The van der Waals surface area contributed by atoms with Gasteiger partial charge in [-0.1, -0.05) is 12.1 Å². The van der Waals surface area contributed by atoms with Gasteiger partial charge in [-0.3, -0.25) is 0 Å². The predicted octanol–water partition coefficient (Wildman–Crippen LogP) is 1.17. The fraction of sp³-hybridized carbons (Fsp3) is 0.600. The zero-order valence-corrected chi connectivity index (χ0v) is 13.9. The van der Waals surface area contributed by atoms with Crippen LogP contribution >= 0.6 is 0 Å². The van der Waals surface area contributed by atoms with Crippen LogP contribution in [0.5, 0.6) is 0 Å². The molecule has 1 aromatic carbocycles. The summed E-state index contributed by atoms with van der Waals surface area (Å²) in [4.78, 5) is 2.50. The van der Waals surface area contributed by atoms with Gasteiger partial charge in [0, 0.05) is 25.7 Å². The fourth-order valence-electron chi connectivity index (χ4n) is 2.75. The number of aryl methyl sites for hydroxylation is 1. The summed E-state index contributed by atoms with van der Waals surface area (Å²) in [6.07, 6.45) is 1.94. The molecule has 2 N–H and O–H groups in total. The molecule has 1 aliphatic heterocycles. The number of hydrogen-bond donors (Lipinski definition) is 1. The predicted molar refractivity (Wildman–Crippen MR) is 84.5 cm³/mol. The van der Waals surface area contributed by atoms with Gasteiger partial charge in [0.2, 0.25) is 10.0 Å². The van der Waals surface area contributed by atoms with Crippen molar-refractivity contribution in [2.24, 2.45) is 5.73 Å². The van der Waals surface area contributed by atoms with Gasteiger partial charge in [-0.2, -0.15) is 4.31 Å². The van der Waals surface area contributed by atoms with Gasteiger partial charge < -0.3 is 10.6 Å². The van der Waals surface area contributed by atoms with Gasteiger partial charge in [0.05, 0.1) is 4.90 Å². The number of rotatable bonds is 4. The van der Waals surface area contributed by atoms with Gasteiger partial charge in [0.1, 0.15) is 0 Å². The minimum absolute atomic E-state index is 0.284. The summed E-state index contributed by atoms with van der Waals surface area (Å²) in [6.45, 7) is 3.34. The molecule has 0 bridgehead atoms. The molecule has 1 heterocycles. The molecule has 2 rings (SSSR count). The quantitative estimate of drug-likeness (QED) is 0.906. The van der Waals surface area contributed by atoms with Crippen molar-refractivity contribution in [3.8, 4) is 0 Å². The van der Waals surface area contributed by atoms with E-state index in [9.17, 15) is 8.42 Å². The van der Waals surface area contributed by atoms with E-state index >= 15 is 0 Å². The normalized spacial score (nSPS) is 20.9. The fourth-order valence-corrected chi connectivity index (χ4v) is 4.54. The zero-order valence-electron chi connectivity index (χ0n) is 13.0. The molecule has 0 amide bonds. The monoisotopic (exact) mass is 311 g/mol. The van der Waals surface area contributed by atoms with Crippen molar-refractivity contribution in [1.29, 1.82) is 0 Å². The Morgan fingerprint density at radius 2 is 2.10 bits per heavy atom. The Balaban J connectivity index is 2.33. The van der Waals surface area contributed by atoms with E-state index in [1.54, 1.807) is 10.4 Å². The lowest BCUT2D eigenvalue weighted by Crippen LogP contribution is -2.47. The van der Waals surface area contributed by atoms with Crippen molar-refractivity contribution in [3.05, 3.63) is 29.3 Å². The molecular weight excluding hydrogens is 286 g/mol. The molecule has 0 aromatic heterocycles. The van der Waals surface area contributed by atoms with Crippen molar-refractivity contribution in [1.82, 2.24) is 9.21 Å². The maximum atomic E-state index is 12.9. The summed E-state index contributed by atoms with van der Waals surface area (Å²) in [5.41, 5.74) is 7.26. The summed E-state index contributed by atoms with van der Waals surface area (Å²) in [6, 6.07) is 5.71. The average molecular weight is 311 g/mol. The highest BCUT2D eigenvalue weighted by Crippen LogP contribution is 2.25. The Labute approximate surface area is 127 Å². The first-order chi connectivity index (χ1) is 9.86. The maximum absolute atomic E-state index is 12.9. The highest BCUT2D eigenvalue weighted by molar-refractivity contribution is 7.89.